The second kappa shape index (κ2) is 7.93. The second-order valence-corrected chi connectivity index (χ2v) is 6.09. The quantitative estimate of drug-likeness (QED) is 0.885. The average Bonchev–Trinajstić information content (AvgIpc) is 2.63. The first-order chi connectivity index (χ1) is 11.7. The number of hydrogen-bond donors (Lipinski definition) is 2. The fourth-order valence-electron chi connectivity index (χ4n) is 2.77. The van der Waals surface area contributed by atoms with Gasteiger partial charge in [-0.3, -0.25) is 4.79 Å². The number of aromatic nitrogens is 1. The first-order valence-corrected chi connectivity index (χ1v) is 8.35. The molecule has 0 radical (unpaired) electrons. The highest BCUT2D eigenvalue weighted by Crippen LogP contribution is 2.18. The van der Waals surface area contributed by atoms with E-state index in [1.54, 1.807) is 6.20 Å². The number of anilines is 2. The first kappa shape index (κ1) is 16.5. The third-order valence-corrected chi connectivity index (χ3v) is 4.34. The number of amides is 1. The third kappa shape index (κ3) is 4.32. The monoisotopic (exact) mass is 325 g/mol. The van der Waals surface area contributed by atoms with Gasteiger partial charge in [0.15, 0.2) is 0 Å². The Balaban J connectivity index is 1.53. The van der Waals surface area contributed by atoms with Crippen LogP contribution in [0.3, 0.4) is 0 Å². The van der Waals surface area contributed by atoms with Crippen molar-refractivity contribution in [1.29, 1.82) is 0 Å². The van der Waals surface area contributed by atoms with Gasteiger partial charge in [0.1, 0.15) is 5.82 Å². The SMILES string of the molecule is Cc1ccccc1CNc1ccc(NC(=O)C2CCOCC2)cn1. The molecule has 1 aromatic heterocycles. The molecule has 1 aromatic carbocycles. The van der Waals surface area contributed by atoms with Crippen LogP contribution in [-0.2, 0) is 16.1 Å². The lowest BCUT2D eigenvalue weighted by Gasteiger charge is -2.21. The minimum absolute atomic E-state index is 0.0395. The highest BCUT2D eigenvalue weighted by atomic mass is 16.5. The van der Waals surface area contributed by atoms with Gasteiger partial charge in [-0.1, -0.05) is 24.3 Å². The highest BCUT2D eigenvalue weighted by molar-refractivity contribution is 5.92. The minimum Gasteiger partial charge on any atom is -0.381 e. The summed E-state index contributed by atoms with van der Waals surface area (Å²) in [6.07, 6.45) is 3.27. The number of rotatable bonds is 5. The molecule has 2 aromatic rings. The number of pyridine rings is 1. The molecule has 0 unspecified atom stereocenters. The predicted molar refractivity (Wildman–Crippen MR) is 94.9 cm³/mol. The van der Waals surface area contributed by atoms with Crippen LogP contribution in [0.1, 0.15) is 24.0 Å². The summed E-state index contributed by atoms with van der Waals surface area (Å²) in [6.45, 7) is 4.16. The van der Waals surface area contributed by atoms with Crippen molar-refractivity contribution in [2.24, 2.45) is 5.92 Å². The largest absolute Gasteiger partial charge is 0.381 e. The zero-order valence-corrected chi connectivity index (χ0v) is 13.9. The predicted octanol–water partition coefficient (Wildman–Crippen LogP) is 3.37. The molecule has 5 nitrogen and oxygen atoms in total. The van der Waals surface area contributed by atoms with Crippen LogP contribution in [0.15, 0.2) is 42.6 Å². The molecule has 1 aliphatic rings. The Morgan fingerprint density at radius 1 is 1.21 bits per heavy atom. The van der Waals surface area contributed by atoms with E-state index >= 15 is 0 Å². The fraction of sp³-hybridized carbons (Fsp3) is 0.368. The summed E-state index contributed by atoms with van der Waals surface area (Å²) in [5.74, 6) is 0.889. The minimum atomic E-state index is 0.0395. The van der Waals surface area contributed by atoms with Crippen LogP contribution in [-0.4, -0.2) is 24.1 Å². The van der Waals surface area contributed by atoms with E-state index in [1.807, 2.05) is 24.3 Å². The lowest BCUT2D eigenvalue weighted by Crippen LogP contribution is -2.28. The number of nitrogens with zero attached hydrogens (tertiary/aromatic N) is 1. The Labute approximate surface area is 142 Å². The molecule has 3 rings (SSSR count). The van der Waals surface area contributed by atoms with Crippen LogP contribution >= 0.6 is 0 Å². The van der Waals surface area contributed by atoms with Crippen molar-refractivity contribution in [2.75, 3.05) is 23.8 Å². The molecule has 126 valence electrons. The Morgan fingerprint density at radius 3 is 2.71 bits per heavy atom. The zero-order chi connectivity index (χ0) is 16.8. The maximum atomic E-state index is 12.2. The molecule has 24 heavy (non-hydrogen) atoms. The summed E-state index contributed by atoms with van der Waals surface area (Å²) < 4.78 is 5.29. The topological polar surface area (TPSA) is 63.2 Å². The normalized spacial score (nSPS) is 15.0. The summed E-state index contributed by atoms with van der Waals surface area (Å²) >= 11 is 0. The number of carbonyl (C=O) groups is 1. The van der Waals surface area contributed by atoms with Crippen LogP contribution in [0.2, 0.25) is 0 Å². The Hall–Kier alpha value is -2.40. The van der Waals surface area contributed by atoms with Crippen molar-refractivity contribution >= 4 is 17.4 Å². The summed E-state index contributed by atoms with van der Waals surface area (Å²) in [4.78, 5) is 16.6. The van der Waals surface area contributed by atoms with Crippen molar-refractivity contribution in [3.63, 3.8) is 0 Å². The molecule has 5 heteroatoms. The van der Waals surface area contributed by atoms with Gasteiger partial charge in [0.05, 0.1) is 11.9 Å². The Bertz CT molecular complexity index is 679. The molecule has 2 N–H and O–H groups in total. The summed E-state index contributed by atoms with van der Waals surface area (Å²) in [7, 11) is 0. The Kier molecular flexibility index (Phi) is 5.43. The molecule has 1 aliphatic heterocycles. The zero-order valence-electron chi connectivity index (χ0n) is 13.9. The maximum Gasteiger partial charge on any atom is 0.227 e. The molecule has 1 fully saturated rings. The van der Waals surface area contributed by atoms with Gasteiger partial charge in [0.2, 0.25) is 5.91 Å². The standard InChI is InChI=1S/C19H23N3O2/c1-14-4-2-3-5-16(14)12-20-18-7-6-17(13-21-18)22-19(23)15-8-10-24-11-9-15/h2-7,13,15H,8-12H2,1H3,(H,20,21)(H,22,23). The molecule has 1 amide bonds. The Morgan fingerprint density at radius 2 is 2.00 bits per heavy atom. The van der Waals surface area contributed by atoms with Gasteiger partial charge in [-0.2, -0.15) is 0 Å². The number of ether oxygens (including phenoxy) is 1. The van der Waals surface area contributed by atoms with Crippen LogP contribution in [0.4, 0.5) is 11.5 Å². The molecular formula is C19H23N3O2. The molecule has 0 aliphatic carbocycles. The average molecular weight is 325 g/mol. The lowest BCUT2D eigenvalue weighted by atomic mass is 9.99. The number of carbonyl (C=O) groups excluding carboxylic acids is 1. The van der Waals surface area contributed by atoms with E-state index in [1.165, 1.54) is 11.1 Å². The van der Waals surface area contributed by atoms with E-state index in [2.05, 4.69) is 34.7 Å². The highest BCUT2D eigenvalue weighted by Gasteiger charge is 2.21. The number of benzene rings is 1. The third-order valence-electron chi connectivity index (χ3n) is 4.34. The van der Waals surface area contributed by atoms with Crippen LogP contribution < -0.4 is 10.6 Å². The van der Waals surface area contributed by atoms with Crippen LogP contribution in [0.25, 0.3) is 0 Å². The van der Waals surface area contributed by atoms with E-state index in [-0.39, 0.29) is 11.8 Å². The van der Waals surface area contributed by atoms with Gasteiger partial charge < -0.3 is 15.4 Å². The maximum absolute atomic E-state index is 12.2. The van der Waals surface area contributed by atoms with Crippen molar-refractivity contribution in [2.45, 2.75) is 26.3 Å². The number of aryl methyl sites for hydroxylation is 1. The second-order valence-electron chi connectivity index (χ2n) is 6.09. The lowest BCUT2D eigenvalue weighted by molar-refractivity contribution is -0.122. The summed E-state index contributed by atoms with van der Waals surface area (Å²) in [5.41, 5.74) is 3.23. The molecule has 0 atom stereocenters. The van der Waals surface area contributed by atoms with Crippen molar-refractivity contribution in [3.05, 3.63) is 53.7 Å². The van der Waals surface area contributed by atoms with E-state index < -0.39 is 0 Å². The van der Waals surface area contributed by atoms with Gasteiger partial charge in [-0.25, -0.2) is 4.98 Å². The number of hydrogen-bond acceptors (Lipinski definition) is 4. The van der Waals surface area contributed by atoms with Crippen molar-refractivity contribution in [1.82, 2.24) is 4.98 Å². The van der Waals surface area contributed by atoms with Crippen LogP contribution in [0.5, 0.6) is 0 Å². The van der Waals surface area contributed by atoms with Gasteiger partial charge in [0.25, 0.3) is 0 Å². The van der Waals surface area contributed by atoms with Gasteiger partial charge in [-0.05, 0) is 43.0 Å². The first-order valence-electron chi connectivity index (χ1n) is 8.35. The molecule has 0 saturated carbocycles. The summed E-state index contributed by atoms with van der Waals surface area (Å²) in [6, 6.07) is 12.0. The molecule has 0 bridgehead atoms. The van der Waals surface area contributed by atoms with E-state index in [4.69, 9.17) is 4.74 Å². The molecule has 1 saturated heterocycles. The van der Waals surface area contributed by atoms with Gasteiger partial charge in [0, 0.05) is 25.7 Å². The van der Waals surface area contributed by atoms with Crippen molar-refractivity contribution in [3.8, 4) is 0 Å². The summed E-state index contributed by atoms with van der Waals surface area (Å²) in [5, 5.41) is 6.24. The van der Waals surface area contributed by atoms with Gasteiger partial charge in [-0.15, -0.1) is 0 Å². The number of nitrogens with one attached hydrogen (secondary N) is 2. The van der Waals surface area contributed by atoms with E-state index in [9.17, 15) is 4.79 Å². The molecular weight excluding hydrogens is 302 g/mol. The van der Waals surface area contributed by atoms with Crippen molar-refractivity contribution < 1.29 is 9.53 Å². The van der Waals surface area contributed by atoms with Gasteiger partial charge >= 0.3 is 0 Å². The van der Waals surface area contributed by atoms with E-state index in [0.717, 1.165) is 30.9 Å². The molecule has 2 heterocycles. The fourth-order valence-corrected chi connectivity index (χ4v) is 2.77. The van der Waals surface area contributed by atoms with E-state index in [0.29, 0.717) is 13.2 Å². The smallest absolute Gasteiger partial charge is 0.227 e. The van der Waals surface area contributed by atoms with Crippen LogP contribution in [0, 0.1) is 12.8 Å². The molecule has 0 spiro atoms.